The monoisotopic (exact) mass is 563 g/mol. The molecule has 6 rings (SSSR count). The highest BCUT2D eigenvalue weighted by Gasteiger charge is 2.24. The second-order valence-electron chi connectivity index (χ2n) is 10.8. The maximum Gasteiger partial charge on any atom is 0.166 e. The zero-order valence-corrected chi connectivity index (χ0v) is 23.3. The van der Waals surface area contributed by atoms with Gasteiger partial charge in [-0.15, -0.1) is 11.3 Å². The zero-order valence-electron chi connectivity index (χ0n) is 22.5. The number of aromatic nitrogens is 3. The van der Waals surface area contributed by atoms with Crippen LogP contribution in [-0.2, 0) is 17.8 Å². The average molecular weight is 564 g/mol. The number of aliphatic hydroxyl groups is 1. The van der Waals surface area contributed by atoms with Crippen molar-refractivity contribution in [2.24, 2.45) is 5.92 Å². The molecule has 10 heteroatoms. The number of carbonyl (C=O) groups is 1. The van der Waals surface area contributed by atoms with Gasteiger partial charge in [0.2, 0.25) is 0 Å². The second kappa shape index (κ2) is 12.1. The first-order chi connectivity index (χ1) is 19.5. The molecular weight excluding hydrogens is 529 g/mol. The fourth-order valence-corrected chi connectivity index (χ4v) is 6.19. The van der Waals surface area contributed by atoms with Crippen LogP contribution in [0.2, 0.25) is 0 Å². The molecule has 3 aromatic heterocycles. The third-order valence-corrected chi connectivity index (χ3v) is 8.81. The lowest BCUT2D eigenvalue weighted by atomic mass is 10.0. The quantitative estimate of drug-likeness (QED) is 0.270. The number of rotatable bonds is 12. The Morgan fingerprint density at radius 3 is 2.58 bits per heavy atom. The molecule has 2 aliphatic rings. The number of pyridine rings is 1. The first kappa shape index (κ1) is 27.0. The van der Waals surface area contributed by atoms with Gasteiger partial charge in [-0.2, -0.15) is 0 Å². The standard InChI is InChI=1S/C30H34FN5O3S/c31-24-17-22(16-23(38)15-21-1-2-21)3-4-27(24)39-28-5-6-32-25-18-29(40-30(25)28)26-19-36(20-33-26)12-11-34-7-9-35(10-8-34)13-14-37/h3-6,17-21,37H,1-2,7-16H2. The van der Waals surface area contributed by atoms with Crippen molar-refractivity contribution in [2.75, 3.05) is 45.9 Å². The van der Waals surface area contributed by atoms with Gasteiger partial charge in [0, 0.05) is 77.1 Å². The van der Waals surface area contributed by atoms with Gasteiger partial charge in [-0.1, -0.05) is 6.07 Å². The summed E-state index contributed by atoms with van der Waals surface area (Å²) < 4.78 is 23.9. The molecule has 210 valence electrons. The number of aliphatic hydroxyl groups excluding tert-OH is 1. The summed E-state index contributed by atoms with van der Waals surface area (Å²) in [6.45, 7) is 6.76. The number of carbonyl (C=O) groups excluding carboxylic acids is 1. The SMILES string of the molecule is O=C(Cc1ccc(Oc2ccnc3cc(-c4cn(CCN5CCN(CCO)CC5)cn4)sc23)c(F)c1)CC1CC1. The van der Waals surface area contributed by atoms with Crippen molar-refractivity contribution < 1.29 is 19.0 Å². The maximum atomic E-state index is 14.9. The number of hydrogen-bond donors (Lipinski definition) is 1. The highest BCUT2D eigenvalue weighted by molar-refractivity contribution is 7.22. The Balaban J connectivity index is 1.10. The van der Waals surface area contributed by atoms with Crippen molar-refractivity contribution in [3.63, 3.8) is 0 Å². The number of hydrogen-bond acceptors (Lipinski definition) is 8. The highest BCUT2D eigenvalue weighted by atomic mass is 32.1. The number of fused-ring (bicyclic) bond motifs is 1. The predicted octanol–water partition coefficient (Wildman–Crippen LogP) is 4.61. The molecule has 4 heterocycles. The molecule has 0 spiro atoms. The van der Waals surface area contributed by atoms with Crippen LogP contribution in [0.15, 0.2) is 49.1 Å². The molecule has 1 saturated heterocycles. The van der Waals surface area contributed by atoms with Crippen molar-refractivity contribution in [1.29, 1.82) is 0 Å². The normalized spacial score (nSPS) is 16.6. The van der Waals surface area contributed by atoms with Gasteiger partial charge in [0.15, 0.2) is 11.6 Å². The molecule has 1 aliphatic carbocycles. The third-order valence-electron chi connectivity index (χ3n) is 7.65. The van der Waals surface area contributed by atoms with Crippen LogP contribution < -0.4 is 4.74 Å². The lowest BCUT2D eigenvalue weighted by molar-refractivity contribution is -0.118. The van der Waals surface area contributed by atoms with Crippen LogP contribution in [0.1, 0.15) is 24.8 Å². The van der Waals surface area contributed by atoms with E-state index in [1.165, 1.54) is 17.4 Å². The molecule has 1 aromatic carbocycles. The van der Waals surface area contributed by atoms with Gasteiger partial charge in [0.1, 0.15) is 11.5 Å². The lowest BCUT2D eigenvalue weighted by Crippen LogP contribution is -2.47. The van der Waals surface area contributed by atoms with Crippen LogP contribution in [0, 0.1) is 11.7 Å². The molecule has 4 aromatic rings. The molecule has 0 amide bonds. The van der Waals surface area contributed by atoms with E-state index in [1.807, 2.05) is 12.4 Å². The van der Waals surface area contributed by atoms with E-state index in [1.54, 1.807) is 24.4 Å². The Labute approximate surface area is 237 Å². The molecule has 1 N–H and O–H groups in total. The van der Waals surface area contributed by atoms with Gasteiger partial charge in [-0.05, 0) is 42.5 Å². The van der Waals surface area contributed by atoms with E-state index in [9.17, 15) is 9.18 Å². The topological polar surface area (TPSA) is 83.7 Å². The lowest BCUT2D eigenvalue weighted by Gasteiger charge is -2.34. The molecule has 1 aliphatic heterocycles. The summed E-state index contributed by atoms with van der Waals surface area (Å²) in [6.07, 6.45) is 8.69. The van der Waals surface area contributed by atoms with Crippen molar-refractivity contribution in [1.82, 2.24) is 24.3 Å². The highest BCUT2D eigenvalue weighted by Crippen LogP contribution is 2.39. The number of ketones is 1. The Morgan fingerprint density at radius 2 is 1.82 bits per heavy atom. The Hall–Kier alpha value is -3.18. The van der Waals surface area contributed by atoms with Crippen LogP contribution in [-0.4, -0.2) is 81.1 Å². The van der Waals surface area contributed by atoms with Crippen LogP contribution in [0.5, 0.6) is 11.5 Å². The fourth-order valence-electron chi connectivity index (χ4n) is 5.17. The van der Waals surface area contributed by atoms with E-state index in [0.717, 1.165) is 79.4 Å². The number of ether oxygens (including phenoxy) is 1. The predicted molar refractivity (Wildman–Crippen MR) is 153 cm³/mol. The van der Waals surface area contributed by atoms with Crippen LogP contribution in [0.3, 0.4) is 0 Å². The average Bonchev–Trinajstić information content (AvgIpc) is 3.44. The number of imidazole rings is 1. The molecule has 0 bridgehead atoms. The van der Waals surface area contributed by atoms with E-state index in [4.69, 9.17) is 9.84 Å². The molecule has 0 unspecified atom stereocenters. The molecule has 0 radical (unpaired) electrons. The minimum Gasteiger partial charge on any atom is -0.453 e. The summed E-state index contributed by atoms with van der Waals surface area (Å²) >= 11 is 1.52. The van der Waals surface area contributed by atoms with Crippen molar-refractivity contribution in [3.05, 3.63) is 60.4 Å². The third kappa shape index (κ3) is 6.58. The summed E-state index contributed by atoms with van der Waals surface area (Å²) in [5, 5.41) is 9.13. The Bertz CT molecular complexity index is 1480. The van der Waals surface area contributed by atoms with Crippen molar-refractivity contribution in [3.8, 4) is 22.1 Å². The molecule has 2 fully saturated rings. The van der Waals surface area contributed by atoms with Gasteiger partial charge < -0.3 is 14.4 Å². The molecule has 40 heavy (non-hydrogen) atoms. The number of piperazine rings is 1. The first-order valence-corrected chi connectivity index (χ1v) is 14.8. The Kier molecular flexibility index (Phi) is 8.20. The minimum atomic E-state index is -0.480. The second-order valence-corrected chi connectivity index (χ2v) is 11.8. The number of halogens is 1. The van der Waals surface area contributed by atoms with E-state index >= 15 is 0 Å². The summed E-state index contributed by atoms with van der Waals surface area (Å²) in [5.41, 5.74) is 2.32. The van der Waals surface area contributed by atoms with Gasteiger partial charge in [-0.3, -0.25) is 19.6 Å². The molecular formula is C30H34FN5O3S. The number of benzene rings is 1. The summed E-state index contributed by atoms with van der Waals surface area (Å²) in [7, 11) is 0. The van der Waals surface area contributed by atoms with Crippen molar-refractivity contribution >= 4 is 27.3 Å². The fraction of sp³-hybridized carbons (Fsp3) is 0.433. The first-order valence-electron chi connectivity index (χ1n) is 14.0. The van der Waals surface area contributed by atoms with Gasteiger partial charge in [-0.25, -0.2) is 9.37 Å². The van der Waals surface area contributed by atoms with E-state index in [-0.39, 0.29) is 24.6 Å². The molecule has 8 nitrogen and oxygen atoms in total. The van der Waals surface area contributed by atoms with Gasteiger partial charge in [0.05, 0.1) is 33.7 Å². The summed E-state index contributed by atoms with van der Waals surface area (Å²) in [6, 6.07) is 8.51. The Morgan fingerprint density at radius 1 is 1.02 bits per heavy atom. The number of Topliss-reactive ketones (excluding diaryl/α,β-unsaturated/α-hetero) is 1. The zero-order chi connectivity index (χ0) is 27.5. The summed E-state index contributed by atoms with van der Waals surface area (Å²) in [4.78, 5) is 27.0. The van der Waals surface area contributed by atoms with Crippen molar-refractivity contribution in [2.45, 2.75) is 32.2 Å². The van der Waals surface area contributed by atoms with Crippen LogP contribution in [0.25, 0.3) is 20.8 Å². The molecule has 1 saturated carbocycles. The largest absolute Gasteiger partial charge is 0.453 e. The van der Waals surface area contributed by atoms with Crippen LogP contribution in [0.4, 0.5) is 4.39 Å². The number of thiophene rings is 1. The van der Waals surface area contributed by atoms with E-state index < -0.39 is 5.82 Å². The number of nitrogens with zero attached hydrogens (tertiary/aromatic N) is 5. The molecule has 0 atom stereocenters. The smallest absolute Gasteiger partial charge is 0.166 e. The van der Waals surface area contributed by atoms with Gasteiger partial charge >= 0.3 is 0 Å². The minimum absolute atomic E-state index is 0.127. The van der Waals surface area contributed by atoms with Gasteiger partial charge in [0.25, 0.3) is 0 Å². The maximum absolute atomic E-state index is 14.9. The van der Waals surface area contributed by atoms with Crippen LogP contribution >= 0.6 is 11.3 Å². The van der Waals surface area contributed by atoms with E-state index in [0.29, 0.717) is 23.7 Å². The number of β-amino-alcohol motifs (C(OH)–C–C–N with tert-alkyl or cyclic N) is 1. The summed E-state index contributed by atoms with van der Waals surface area (Å²) in [5.74, 6) is 0.882. The van der Waals surface area contributed by atoms with E-state index in [2.05, 4.69) is 30.5 Å².